The van der Waals surface area contributed by atoms with Crippen molar-refractivity contribution in [2.24, 2.45) is 5.92 Å². The van der Waals surface area contributed by atoms with Crippen LogP contribution < -0.4 is 0 Å². The van der Waals surface area contributed by atoms with Crippen molar-refractivity contribution in [2.45, 2.75) is 31.2 Å². The second-order valence-corrected chi connectivity index (χ2v) is 8.79. The molecule has 4 rings (SSSR count). The molecule has 1 saturated heterocycles. The number of carbonyl (C=O) groups excluding carboxylic acids is 2. The van der Waals surface area contributed by atoms with Gasteiger partial charge in [-0.1, -0.05) is 24.3 Å². The Morgan fingerprint density at radius 3 is 2.33 bits per heavy atom. The summed E-state index contributed by atoms with van der Waals surface area (Å²) in [6.45, 7) is 1.97. The van der Waals surface area contributed by atoms with Crippen molar-refractivity contribution in [3.63, 3.8) is 0 Å². The van der Waals surface area contributed by atoms with Crippen molar-refractivity contribution >= 4 is 24.4 Å². The largest absolute Gasteiger partial charge is 0.478 e. The lowest BCUT2D eigenvalue weighted by Gasteiger charge is -2.33. The molecule has 2 amide bonds. The minimum atomic E-state index is -0.981. The molecule has 2 unspecified atom stereocenters. The van der Waals surface area contributed by atoms with Crippen LogP contribution in [0.2, 0.25) is 0 Å². The van der Waals surface area contributed by atoms with E-state index in [9.17, 15) is 18.8 Å². The van der Waals surface area contributed by atoms with E-state index >= 15 is 0 Å². The minimum absolute atomic E-state index is 0.0680. The monoisotopic (exact) mass is 450 g/mol. The van der Waals surface area contributed by atoms with Crippen LogP contribution in [0.4, 0.5) is 4.39 Å². The number of nitrogens with zero attached hydrogens (tertiary/aromatic N) is 2. The molecule has 1 saturated carbocycles. The standard InChI is InChI=1S/C26H27FN2O4/c27-22-8-6-20(7-9-22)23-15-24(23)29(17-30)16-19-11-13-28(14-12-19)25(31)10-3-18-1-4-21(5-2-18)26(32)33/h1-10,17,19,23-24H,11-16H2,(H,32,33)/b10-3+. The van der Waals surface area contributed by atoms with Gasteiger partial charge in [0.15, 0.2) is 0 Å². The highest BCUT2D eigenvalue weighted by atomic mass is 19.1. The molecule has 33 heavy (non-hydrogen) atoms. The van der Waals surface area contributed by atoms with Gasteiger partial charge in [0.25, 0.3) is 0 Å². The van der Waals surface area contributed by atoms with Gasteiger partial charge in [-0.25, -0.2) is 9.18 Å². The molecule has 0 spiro atoms. The number of halogens is 1. The van der Waals surface area contributed by atoms with Crippen LogP contribution in [0.3, 0.4) is 0 Å². The van der Waals surface area contributed by atoms with Gasteiger partial charge >= 0.3 is 5.97 Å². The quantitative estimate of drug-likeness (QED) is 0.490. The molecule has 2 aromatic carbocycles. The zero-order valence-corrected chi connectivity index (χ0v) is 18.3. The van der Waals surface area contributed by atoms with Gasteiger partial charge in [0.1, 0.15) is 5.82 Å². The highest BCUT2D eigenvalue weighted by molar-refractivity contribution is 5.92. The number of hydrogen-bond acceptors (Lipinski definition) is 3. The number of likely N-dealkylation sites (tertiary alicyclic amines) is 1. The molecule has 0 radical (unpaired) electrons. The van der Waals surface area contributed by atoms with Gasteiger partial charge in [-0.05, 0) is 66.6 Å². The Balaban J connectivity index is 1.24. The first-order chi connectivity index (χ1) is 15.9. The predicted molar refractivity (Wildman–Crippen MR) is 122 cm³/mol. The predicted octanol–water partition coefficient (Wildman–Crippen LogP) is 3.79. The molecule has 6 nitrogen and oxygen atoms in total. The summed E-state index contributed by atoms with van der Waals surface area (Å²) in [6, 6.07) is 13.0. The van der Waals surface area contributed by atoms with Crippen molar-refractivity contribution in [1.29, 1.82) is 0 Å². The molecular formula is C26H27FN2O4. The van der Waals surface area contributed by atoms with Gasteiger partial charge in [0, 0.05) is 37.7 Å². The summed E-state index contributed by atoms with van der Waals surface area (Å²) < 4.78 is 13.1. The number of piperidine rings is 1. The van der Waals surface area contributed by atoms with E-state index in [1.807, 2.05) is 9.80 Å². The Hall–Kier alpha value is -3.48. The second kappa shape index (κ2) is 9.98. The van der Waals surface area contributed by atoms with E-state index in [0.29, 0.717) is 25.6 Å². The number of aromatic carboxylic acids is 1. The van der Waals surface area contributed by atoms with Crippen LogP contribution in [-0.2, 0) is 9.59 Å². The lowest BCUT2D eigenvalue weighted by Crippen LogP contribution is -2.41. The zero-order chi connectivity index (χ0) is 23.4. The van der Waals surface area contributed by atoms with Crippen molar-refractivity contribution in [1.82, 2.24) is 9.80 Å². The fraction of sp³-hybridized carbons (Fsp3) is 0.346. The fourth-order valence-electron chi connectivity index (χ4n) is 4.52. The van der Waals surface area contributed by atoms with E-state index in [0.717, 1.165) is 36.8 Å². The lowest BCUT2D eigenvalue weighted by atomic mass is 9.96. The van der Waals surface area contributed by atoms with Gasteiger partial charge in [-0.15, -0.1) is 0 Å². The summed E-state index contributed by atoms with van der Waals surface area (Å²) in [5.74, 6) is -0.685. The molecule has 1 aliphatic heterocycles. The van der Waals surface area contributed by atoms with Gasteiger partial charge < -0.3 is 14.9 Å². The molecule has 0 bridgehead atoms. The molecule has 1 N–H and O–H groups in total. The summed E-state index contributed by atoms with van der Waals surface area (Å²) in [7, 11) is 0. The van der Waals surface area contributed by atoms with Gasteiger partial charge in [-0.3, -0.25) is 9.59 Å². The highest BCUT2D eigenvalue weighted by Crippen LogP contribution is 2.44. The molecule has 1 heterocycles. The Morgan fingerprint density at radius 1 is 1.06 bits per heavy atom. The minimum Gasteiger partial charge on any atom is -0.478 e. The number of benzene rings is 2. The molecule has 0 aromatic heterocycles. The first kappa shape index (κ1) is 22.7. The molecule has 7 heteroatoms. The molecule has 172 valence electrons. The summed E-state index contributed by atoms with van der Waals surface area (Å²) in [4.78, 5) is 38.8. The highest BCUT2D eigenvalue weighted by Gasteiger charge is 2.43. The van der Waals surface area contributed by atoms with Crippen LogP contribution >= 0.6 is 0 Å². The Labute approximate surface area is 192 Å². The number of carbonyl (C=O) groups is 3. The zero-order valence-electron chi connectivity index (χ0n) is 18.3. The average Bonchev–Trinajstić information content (AvgIpc) is 3.63. The van der Waals surface area contributed by atoms with E-state index in [1.165, 1.54) is 30.3 Å². The van der Waals surface area contributed by atoms with Crippen LogP contribution in [0.1, 0.15) is 46.7 Å². The molecule has 2 aromatic rings. The van der Waals surface area contributed by atoms with Crippen LogP contribution in [0.25, 0.3) is 6.08 Å². The average molecular weight is 451 g/mol. The maximum absolute atomic E-state index is 13.1. The number of rotatable bonds is 8. The van der Waals surface area contributed by atoms with Crippen LogP contribution in [-0.4, -0.2) is 58.9 Å². The molecule has 2 aliphatic rings. The molecule has 2 atom stereocenters. The number of carboxylic acids is 1. The van der Waals surface area contributed by atoms with Crippen molar-refractivity contribution in [2.75, 3.05) is 19.6 Å². The third-order valence-corrected chi connectivity index (χ3v) is 6.59. The van der Waals surface area contributed by atoms with Gasteiger partial charge in [0.05, 0.1) is 5.56 Å². The van der Waals surface area contributed by atoms with E-state index in [-0.39, 0.29) is 29.2 Å². The van der Waals surface area contributed by atoms with Crippen molar-refractivity contribution < 1.29 is 23.9 Å². The summed E-state index contributed by atoms with van der Waals surface area (Å²) in [6.07, 6.45) is 6.71. The van der Waals surface area contributed by atoms with Gasteiger partial charge in [-0.2, -0.15) is 0 Å². The van der Waals surface area contributed by atoms with Crippen molar-refractivity contribution in [3.8, 4) is 0 Å². The van der Waals surface area contributed by atoms with E-state index in [4.69, 9.17) is 5.11 Å². The second-order valence-electron chi connectivity index (χ2n) is 8.79. The van der Waals surface area contributed by atoms with Crippen LogP contribution in [0.15, 0.2) is 54.6 Å². The van der Waals surface area contributed by atoms with E-state index < -0.39 is 5.97 Å². The first-order valence-electron chi connectivity index (χ1n) is 11.2. The van der Waals surface area contributed by atoms with Crippen molar-refractivity contribution in [3.05, 3.63) is 77.1 Å². The number of hydrogen-bond donors (Lipinski definition) is 1. The maximum Gasteiger partial charge on any atom is 0.335 e. The maximum atomic E-state index is 13.1. The van der Waals surface area contributed by atoms with E-state index in [2.05, 4.69) is 0 Å². The van der Waals surface area contributed by atoms with E-state index in [1.54, 1.807) is 30.3 Å². The third-order valence-electron chi connectivity index (χ3n) is 6.59. The number of amides is 2. The molecule has 1 aliphatic carbocycles. The summed E-state index contributed by atoms with van der Waals surface area (Å²) in [5, 5.41) is 8.95. The smallest absolute Gasteiger partial charge is 0.335 e. The van der Waals surface area contributed by atoms with Crippen LogP contribution in [0, 0.1) is 11.7 Å². The summed E-state index contributed by atoms with van der Waals surface area (Å²) >= 11 is 0. The SMILES string of the molecule is O=CN(CC1CCN(C(=O)/C=C/c2ccc(C(=O)O)cc2)CC1)C1CC1c1ccc(F)cc1. The number of carboxylic acid groups (broad SMARTS) is 1. The summed E-state index contributed by atoms with van der Waals surface area (Å²) in [5.41, 5.74) is 2.04. The topological polar surface area (TPSA) is 77.9 Å². The Morgan fingerprint density at radius 2 is 1.73 bits per heavy atom. The van der Waals surface area contributed by atoms with Gasteiger partial charge in [0.2, 0.25) is 12.3 Å². The normalized spacial score (nSPS) is 20.6. The first-order valence-corrected chi connectivity index (χ1v) is 11.2. The van der Waals surface area contributed by atoms with Crippen LogP contribution in [0.5, 0.6) is 0 Å². The Bertz CT molecular complexity index is 1030. The third kappa shape index (κ3) is 5.66. The fourth-order valence-corrected chi connectivity index (χ4v) is 4.52. The lowest BCUT2D eigenvalue weighted by molar-refractivity contribution is -0.128. The Kier molecular flexibility index (Phi) is 6.87. The molecule has 2 fully saturated rings. The molecular weight excluding hydrogens is 423 g/mol.